The summed E-state index contributed by atoms with van der Waals surface area (Å²) < 4.78 is 0. The summed E-state index contributed by atoms with van der Waals surface area (Å²) in [4.78, 5) is 17.8. The van der Waals surface area contributed by atoms with E-state index in [1.807, 2.05) is 29.6 Å². The topological polar surface area (TPSA) is 35.6 Å². The Morgan fingerprint density at radius 2 is 1.88 bits per heavy atom. The highest BCUT2D eigenvalue weighted by atomic mass is 35.5. The molecule has 0 atom stereocenters. The summed E-state index contributed by atoms with van der Waals surface area (Å²) in [5, 5.41) is 5.81. The average molecular weight is 378 g/mol. The van der Waals surface area contributed by atoms with Gasteiger partial charge in [0, 0.05) is 48.3 Å². The molecule has 25 heavy (non-hydrogen) atoms. The summed E-state index contributed by atoms with van der Waals surface area (Å²) in [5.74, 6) is 0.120. The zero-order valence-corrected chi connectivity index (χ0v) is 15.9. The Labute approximate surface area is 158 Å². The third-order valence-electron chi connectivity index (χ3n) is 4.45. The molecule has 0 spiro atoms. The van der Waals surface area contributed by atoms with Crippen LogP contribution in [0, 0.1) is 0 Å². The van der Waals surface area contributed by atoms with Crippen LogP contribution in [0.3, 0.4) is 0 Å². The number of anilines is 1. The summed E-state index contributed by atoms with van der Waals surface area (Å²) in [5.41, 5.74) is 1.24. The van der Waals surface area contributed by atoms with Crippen LogP contribution in [-0.4, -0.2) is 50.1 Å². The predicted molar refractivity (Wildman–Crippen MR) is 106 cm³/mol. The van der Waals surface area contributed by atoms with Gasteiger partial charge in [-0.1, -0.05) is 17.7 Å². The Morgan fingerprint density at radius 3 is 2.56 bits per heavy atom. The van der Waals surface area contributed by atoms with Crippen LogP contribution < -0.4 is 10.2 Å². The lowest BCUT2D eigenvalue weighted by atomic mass is 10.2. The van der Waals surface area contributed by atoms with Crippen LogP contribution in [0.5, 0.6) is 0 Å². The lowest BCUT2D eigenvalue weighted by Gasteiger charge is -2.36. The van der Waals surface area contributed by atoms with E-state index in [0.29, 0.717) is 6.42 Å². The summed E-state index contributed by atoms with van der Waals surface area (Å²) in [6, 6.07) is 12.0. The van der Waals surface area contributed by atoms with E-state index in [1.165, 1.54) is 5.69 Å². The molecule has 1 aliphatic heterocycles. The van der Waals surface area contributed by atoms with E-state index in [1.54, 1.807) is 11.3 Å². The molecule has 6 heteroatoms. The smallest absolute Gasteiger partial charge is 0.225 e. The van der Waals surface area contributed by atoms with E-state index >= 15 is 0 Å². The van der Waals surface area contributed by atoms with Crippen LogP contribution in [0.2, 0.25) is 5.02 Å². The maximum atomic E-state index is 11.9. The van der Waals surface area contributed by atoms with Gasteiger partial charge < -0.3 is 10.2 Å². The van der Waals surface area contributed by atoms with Gasteiger partial charge in [0.1, 0.15) is 0 Å². The summed E-state index contributed by atoms with van der Waals surface area (Å²) in [6.07, 6.45) is 1.49. The van der Waals surface area contributed by atoms with Gasteiger partial charge in [-0.2, -0.15) is 0 Å². The fraction of sp³-hybridized carbons (Fsp3) is 0.421. The zero-order valence-electron chi connectivity index (χ0n) is 14.3. The van der Waals surface area contributed by atoms with Gasteiger partial charge in [-0.3, -0.25) is 9.69 Å². The van der Waals surface area contributed by atoms with Crippen molar-refractivity contribution in [2.45, 2.75) is 12.8 Å². The molecule has 2 aromatic rings. The standard InChI is InChI=1S/C19H24ClN3OS/c20-16-4-6-17(7-5-16)23-12-10-22(11-13-23)9-2-8-21-19(24)15-18-3-1-14-25-18/h1,3-7,14H,2,8-13,15H2,(H,21,24). The molecule has 1 N–H and O–H groups in total. The second-order valence-electron chi connectivity index (χ2n) is 6.26. The van der Waals surface area contributed by atoms with Crippen molar-refractivity contribution >= 4 is 34.5 Å². The van der Waals surface area contributed by atoms with Crippen molar-refractivity contribution in [3.8, 4) is 0 Å². The number of hydrogen-bond acceptors (Lipinski definition) is 4. The van der Waals surface area contributed by atoms with Crippen LogP contribution in [0.15, 0.2) is 41.8 Å². The Bertz CT molecular complexity index is 652. The van der Waals surface area contributed by atoms with Crippen molar-refractivity contribution < 1.29 is 4.79 Å². The molecule has 0 radical (unpaired) electrons. The summed E-state index contributed by atoms with van der Waals surface area (Å²) >= 11 is 7.58. The maximum absolute atomic E-state index is 11.9. The molecule has 0 aliphatic carbocycles. The molecule has 1 aromatic carbocycles. The molecule has 0 unspecified atom stereocenters. The van der Waals surface area contributed by atoms with Gasteiger partial charge in [-0.25, -0.2) is 0 Å². The van der Waals surface area contributed by atoms with Gasteiger partial charge in [-0.05, 0) is 48.7 Å². The number of nitrogens with zero attached hydrogens (tertiary/aromatic N) is 2. The van der Waals surface area contributed by atoms with E-state index in [-0.39, 0.29) is 5.91 Å². The summed E-state index contributed by atoms with van der Waals surface area (Å²) in [7, 11) is 0. The fourth-order valence-corrected chi connectivity index (χ4v) is 3.88. The second kappa shape index (κ2) is 9.22. The number of amides is 1. The van der Waals surface area contributed by atoms with Crippen LogP contribution in [0.25, 0.3) is 0 Å². The van der Waals surface area contributed by atoms with E-state index in [0.717, 1.165) is 55.6 Å². The number of rotatable bonds is 7. The number of hydrogen-bond donors (Lipinski definition) is 1. The van der Waals surface area contributed by atoms with E-state index in [9.17, 15) is 4.79 Å². The first-order valence-corrected chi connectivity index (χ1v) is 9.98. The van der Waals surface area contributed by atoms with Crippen LogP contribution in [0.4, 0.5) is 5.69 Å². The monoisotopic (exact) mass is 377 g/mol. The maximum Gasteiger partial charge on any atom is 0.225 e. The minimum atomic E-state index is 0.120. The highest BCUT2D eigenvalue weighted by Gasteiger charge is 2.16. The van der Waals surface area contributed by atoms with Crippen LogP contribution in [0.1, 0.15) is 11.3 Å². The summed E-state index contributed by atoms with van der Waals surface area (Å²) in [6.45, 7) is 5.98. The van der Waals surface area contributed by atoms with Gasteiger partial charge in [-0.15, -0.1) is 11.3 Å². The molecule has 0 saturated carbocycles. The van der Waals surface area contributed by atoms with Gasteiger partial charge in [0.15, 0.2) is 0 Å². The molecule has 1 aliphatic rings. The van der Waals surface area contributed by atoms with Crippen molar-refractivity contribution in [2.75, 3.05) is 44.2 Å². The molecular weight excluding hydrogens is 354 g/mol. The molecule has 1 amide bonds. The quantitative estimate of drug-likeness (QED) is 0.752. The Hall–Kier alpha value is -1.56. The predicted octanol–water partition coefficient (Wildman–Crippen LogP) is 3.27. The lowest BCUT2D eigenvalue weighted by Crippen LogP contribution is -2.47. The molecule has 0 bridgehead atoms. The SMILES string of the molecule is O=C(Cc1cccs1)NCCCN1CCN(c2ccc(Cl)cc2)CC1. The fourth-order valence-electron chi connectivity index (χ4n) is 3.05. The van der Waals surface area contributed by atoms with Gasteiger partial charge >= 0.3 is 0 Å². The van der Waals surface area contributed by atoms with Gasteiger partial charge in [0.2, 0.25) is 5.91 Å². The molecule has 134 valence electrons. The first-order valence-electron chi connectivity index (χ1n) is 8.73. The Balaban J connectivity index is 1.30. The largest absolute Gasteiger partial charge is 0.369 e. The molecule has 1 fully saturated rings. The number of piperazine rings is 1. The van der Waals surface area contributed by atoms with Crippen molar-refractivity contribution in [1.82, 2.24) is 10.2 Å². The van der Waals surface area contributed by atoms with Crippen molar-refractivity contribution in [2.24, 2.45) is 0 Å². The second-order valence-corrected chi connectivity index (χ2v) is 7.73. The van der Waals surface area contributed by atoms with Crippen molar-refractivity contribution in [1.29, 1.82) is 0 Å². The highest BCUT2D eigenvalue weighted by molar-refractivity contribution is 7.10. The van der Waals surface area contributed by atoms with Crippen LogP contribution >= 0.6 is 22.9 Å². The van der Waals surface area contributed by atoms with Crippen molar-refractivity contribution in [3.05, 3.63) is 51.7 Å². The molecule has 4 nitrogen and oxygen atoms in total. The first kappa shape index (κ1) is 18.2. The molecule has 2 heterocycles. The molecule has 3 rings (SSSR count). The number of thiophene rings is 1. The normalized spacial score (nSPS) is 15.3. The van der Waals surface area contributed by atoms with E-state index in [2.05, 4.69) is 27.2 Å². The first-order chi connectivity index (χ1) is 12.2. The third-order valence-corrected chi connectivity index (χ3v) is 5.58. The number of carbonyl (C=O) groups is 1. The number of halogens is 1. The third kappa shape index (κ3) is 5.73. The molecule has 1 saturated heterocycles. The van der Waals surface area contributed by atoms with E-state index < -0.39 is 0 Å². The van der Waals surface area contributed by atoms with Crippen molar-refractivity contribution in [3.63, 3.8) is 0 Å². The number of benzene rings is 1. The Morgan fingerprint density at radius 1 is 1.12 bits per heavy atom. The molecular formula is C19H24ClN3OS. The Kier molecular flexibility index (Phi) is 6.73. The zero-order chi connectivity index (χ0) is 17.5. The molecule has 1 aromatic heterocycles. The minimum Gasteiger partial charge on any atom is -0.369 e. The van der Waals surface area contributed by atoms with E-state index in [4.69, 9.17) is 11.6 Å². The van der Waals surface area contributed by atoms with Crippen LogP contribution in [-0.2, 0) is 11.2 Å². The lowest BCUT2D eigenvalue weighted by molar-refractivity contribution is -0.120. The average Bonchev–Trinajstić information content (AvgIpc) is 3.13. The minimum absolute atomic E-state index is 0.120. The number of nitrogens with one attached hydrogen (secondary N) is 1. The highest BCUT2D eigenvalue weighted by Crippen LogP contribution is 2.19. The number of carbonyl (C=O) groups excluding carboxylic acids is 1. The van der Waals surface area contributed by atoms with Gasteiger partial charge in [0.25, 0.3) is 0 Å². The van der Waals surface area contributed by atoms with Gasteiger partial charge in [0.05, 0.1) is 6.42 Å².